The second-order valence-electron chi connectivity index (χ2n) is 9.51. The van der Waals surface area contributed by atoms with Gasteiger partial charge in [0.25, 0.3) is 11.8 Å². The fourth-order valence-corrected chi connectivity index (χ4v) is 4.57. The molecular formula is C29H33N7O3. The first kappa shape index (κ1) is 27.3. The van der Waals surface area contributed by atoms with E-state index in [1.54, 1.807) is 12.1 Å². The SMILES string of the molecule is Cc1cccc2c1/C(=N/N=C/c1[nH]c(C)c(C(=O)NCCCCCC(=O)Nc3ccccc3N)c1C)C(=O)N2. The predicted molar refractivity (Wildman–Crippen MR) is 154 cm³/mol. The lowest BCUT2D eigenvalue weighted by Crippen LogP contribution is -2.25. The third kappa shape index (κ3) is 6.40. The number of carbonyl (C=O) groups excluding carboxylic acids is 3. The largest absolute Gasteiger partial charge is 0.397 e. The number of aromatic nitrogens is 1. The summed E-state index contributed by atoms with van der Waals surface area (Å²) in [6.45, 7) is 6.09. The van der Waals surface area contributed by atoms with Crippen molar-refractivity contribution in [3.8, 4) is 0 Å². The molecule has 1 aromatic heterocycles. The number of nitrogens with zero attached hydrogens (tertiary/aromatic N) is 2. The summed E-state index contributed by atoms with van der Waals surface area (Å²) in [5.74, 6) is -0.551. The lowest BCUT2D eigenvalue weighted by molar-refractivity contribution is -0.116. The van der Waals surface area contributed by atoms with E-state index in [-0.39, 0.29) is 23.4 Å². The molecular weight excluding hydrogens is 494 g/mol. The number of benzene rings is 2. The van der Waals surface area contributed by atoms with Crippen LogP contribution in [0.2, 0.25) is 0 Å². The quantitative estimate of drug-likeness (QED) is 0.116. The summed E-state index contributed by atoms with van der Waals surface area (Å²) in [5, 5.41) is 16.9. The molecule has 0 saturated heterocycles. The number of amides is 3. The van der Waals surface area contributed by atoms with Crippen molar-refractivity contribution in [1.82, 2.24) is 10.3 Å². The number of H-pyrrole nitrogens is 1. The highest BCUT2D eigenvalue weighted by atomic mass is 16.2. The van der Waals surface area contributed by atoms with E-state index in [0.717, 1.165) is 40.9 Å². The second-order valence-corrected chi connectivity index (χ2v) is 9.51. The first-order chi connectivity index (χ1) is 18.8. The molecule has 2 aromatic carbocycles. The molecule has 0 atom stereocenters. The van der Waals surface area contributed by atoms with E-state index in [1.165, 1.54) is 6.21 Å². The minimum Gasteiger partial charge on any atom is -0.397 e. The molecule has 1 aliphatic rings. The number of nitrogens with two attached hydrogens (primary N) is 1. The summed E-state index contributed by atoms with van der Waals surface area (Å²) in [6.07, 6.45) is 4.17. The number of carbonyl (C=O) groups is 3. The molecule has 39 heavy (non-hydrogen) atoms. The van der Waals surface area contributed by atoms with Crippen molar-refractivity contribution < 1.29 is 14.4 Å². The molecule has 4 rings (SSSR count). The minimum atomic E-state index is -0.294. The summed E-state index contributed by atoms with van der Waals surface area (Å²) in [4.78, 5) is 40.5. The van der Waals surface area contributed by atoms with Gasteiger partial charge in [-0.15, -0.1) is 5.10 Å². The topological polar surface area (TPSA) is 154 Å². The van der Waals surface area contributed by atoms with E-state index in [9.17, 15) is 14.4 Å². The lowest BCUT2D eigenvalue weighted by Gasteiger charge is -2.08. The van der Waals surface area contributed by atoms with Gasteiger partial charge in [-0.25, -0.2) is 0 Å². The average molecular weight is 528 g/mol. The van der Waals surface area contributed by atoms with E-state index < -0.39 is 0 Å². The zero-order valence-electron chi connectivity index (χ0n) is 22.4. The Hall–Kier alpha value is -4.73. The van der Waals surface area contributed by atoms with Gasteiger partial charge in [-0.3, -0.25) is 14.4 Å². The van der Waals surface area contributed by atoms with Crippen LogP contribution in [0, 0.1) is 20.8 Å². The molecule has 6 N–H and O–H groups in total. The molecule has 0 unspecified atom stereocenters. The Kier molecular flexibility index (Phi) is 8.55. The van der Waals surface area contributed by atoms with Gasteiger partial charge in [0.15, 0.2) is 5.71 Å². The number of hydrogen-bond acceptors (Lipinski definition) is 6. The first-order valence-corrected chi connectivity index (χ1v) is 12.9. The molecule has 0 bridgehead atoms. The zero-order chi connectivity index (χ0) is 27.9. The van der Waals surface area contributed by atoms with Crippen LogP contribution in [-0.4, -0.2) is 41.2 Å². The van der Waals surface area contributed by atoms with E-state index in [0.29, 0.717) is 42.0 Å². The van der Waals surface area contributed by atoms with Crippen LogP contribution < -0.4 is 21.7 Å². The van der Waals surface area contributed by atoms with Crippen LogP contribution in [0.4, 0.5) is 17.1 Å². The van der Waals surface area contributed by atoms with Crippen LogP contribution in [0.25, 0.3) is 0 Å². The number of aryl methyl sites for hydroxylation is 2. The summed E-state index contributed by atoms with van der Waals surface area (Å²) in [7, 11) is 0. The first-order valence-electron chi connectivity index (χ1n) is 12.9. The molecule has 0 fully saturated rings. The molecule has 0 saturated carbocycles. The number of aromatic amines is 1. The van der Waals surface area contributed by atoms with E-state index >= 15 is 0 Å². The van der Waals surface area contributed by atoms with Gasteiger partial charge < -0.3 is 26.7 Å². The van der Waals surface area contributed by atoms with Crippen LogP contribution in [0.3, 0.4) is 0 Å². The maximum Gasteiger partial charge on any atom is 0.276 e. The predicted octanol–water partition coefficient (Wildman–Crippen LogP) is 4.23. The van der Waals surface area contributed by atoms with Gasteiger partial charge in [-0.1, -0.05) is 30.7 Å². The highest BCUT2D eigenvalue weighted by Gasteiger charge is 2.27. The third-order valence-electron chi connectivity index (χ3n) is 6.62. The lowest BCUT2D eigenvalue weighted by atomic mass is 10.1. The zero-order valence-corrected chi connectivity index (χ0v) is 22.4. The van der Waals surface area contributed by atoms with Crippen molar-refractivity contribution in [2.24, 2.45) is 10.2 Å². The van der Waals surface area contributed by atoms with Gasteiger partial charge >= 0.3 is 0 Å². The highest BCUT2D eigenvalue weighted by molar-refractivity contribution is 6.54. The van der Waals surface area contributed by atoms with Crippen molar-refractivity contribution in [3.05, 3.63) is 76.1 Å². The van der Waals surface area contributed by atoms with Crippen molar-refractivity contribution in [2.45, 2.75) is 46.5 Å². The third-order valence-corrected chi connectivity index (χ3v) is 6.62. The molecule has 10 nitrogen and oxygen atoms in total. The summed E-state index contributed by atoms with van der Waals surface area (Å²) in [6, 6.07) is 12.8. The molecule has 0 aliphatic carbocycles. The standard InChI is InChI=1S/C29H33N7O3/c1-17-10-9-13-22-25(17)27(29(39)35-22)36-32-16-23-18(2)26(19(3)33-23)28(38)31-15-8-4-5-14-24(37)34-21-12-7-6-11-20(21)30/h6-7,9-13,16,33H,4-5,8,14-15,30H2,1-3H3,(H,31,38)(H,34,37)(H,35,36,39)/b32-16+. The molecule has 3 amide bonds. The number of nitrogens with one attached hydrogen (secondary N) is 4. The number of hydrogen-bond donors (Lipinski definition) is 5. The van der Waals surface area contributed by atoms with Gasteiger partial charge in [0.1, 0.15) is 0 Å². The summed E-state index contributed by atoms with van der Waals surface area (Å²) in [5.41, 5.74) is 12.4. The molecule has 1 aliphatic heterocycles. The number of unbranched alkanes of at least 4 members (excludes halogenated alkanes) is 2. The smallest absolute Gasteiger partial charge is 0.276 e. The summed E-state index contributed by atoms with van der Waals surface area (Å²) >= 11 is 0. The number of fused-ring (bicyclic) bond motifs is 1. The number of anilines is 3. The molecule has 2 heterocycles. The van der Waals surface area contributed by atoms with Crippen LogP contribution in [0.15, 0.2) is 52.7 Å². The van der Waals surface area contributed by atoms with Gasteiger partial charge in [0.2, 0.25) is 5.91 Å². The maximum absolute atomic E-state index is 12.8. The second kappa shape index (κ2) is 12.2. The van der Waals surface area contributed by atoms with Crippen LogP contribution in [0.1, 0.15) is 64.1 Å². The van der Waals surface area contributed by atoms with E-state index in [1.807, 2.05) is 51.1 Å². The maximum atomic E-state index is 12.8. The fraction of sp³-hybridized carbons (Fsp3) is 0.276. The normalized spacial score (nSPS) is 13.5. The molecule has 0 spiro atoms. The Balaban J connectivity index is 1.26. The Morgan fingerprint density at radius 3 is 2.62 bits per heavy atom. The van der Waals surface area contributed by atoms with Gasteiger partial charge in [-0.2, -0.15) is 5.10 Å². The van der Waals surface area contributed by atoms with Crippen molar-refractivity contribution in [3.63, 3.8) is 0 Å². The number of rotatable bonds is 10. The monoisotopic (exact) mass is 527 g/mol. The number of nitrogen functional groups attached to an aromatic ring is 1. The van der Waals surface area contributed by atoms with Crippen molar-refractivity contribution in [1.29, 1.82) is 0 Å². The Morgan fingerprint density at radius 1 is 1.03 bits per heavy atom. The molecule has 3 aromatic rings. The average Bonchev–Trinajstić information content (AvgIpc) is 3.37. The van der Waals surface area contributed by atoms with Crippen LogP contribution >= 0.6 is 0 Å². The van der Waals surface area contributed by atoms with Gasteiger partial charge in [0.05, 0.1) is 34.5 Å². The Morgan fingerprint density at radius 2 is 1.82 bits per heavy atom. The fourth-order valence-electron chi connectivity index (χ4n) is 4.57. The highest BCUT2D eigenvalue weighted by Crippen LogP contribution is 2.26. The van der Waals surface area contributed by atoms with Crippen molar-refractivity contribution in [2.75, 3.05) is 22.9 Å². The Bertz CT molecular complexity index is 1470. The Labute approximate surface area is 227 Å². The van der Waals surface area contributed by atoms with E-state index in [2.05, 4.69) is 31.1 Å². The minimum absolute atomic E-state index is 0.0808. The molecule has 10 heteroatoms. The molecule has 0 radical (unpaired) electrons. The van der Waals surface area contributed by atoms with Crippen LogP contribution in [-0.2, 0) is 9.59 Å². The van der Waals surface area contributed by atoms with E-state index in [4.69, 9.17) is 5.73 Å². The number of para-hydroxylation sites is 2. The van der Waals surface area contributed by atoms with Gasteiger partial charge in [-0.05, 0) is 62.9 Å². The van der Waals surface area contributed by atoms with Crippen LogP contribution in [0.5, 0.6) is 0 Å². The van der Waals surface area contributed by atoms with Gasteiger partial charge in [0, 0.05) is 24.2 Å². The van der Waals surface area contributed by atoms with Crippen molar-refractivity contribution >= 4 is 46.7 Å². The molecule has 202 valence electrons. The summed E-state index contributed by atoms with van der Waals surface area (Å²) < 4.78 is 0.